The molecule has 0 saturated carbocycles. The first-order valence-corrected chi connectivity index (χ1v) is 6.07. The van der Waals surface area contributed by atoms with Crippen LogP contribution in [0.1, 0.15) is 23.9 Å². The van der Waals surface area contributed by atoms with E-state index in [1.165, 1.54) is 5.56 Å². The molecular weight excluding hydrogens is 228 g/mol. The lowest BCUT2D eigenvalue weighted by atomic mass is 10.1. The van der Waals surface area contributed by atoms with Crippen molar-refractivity contribution in [1.29, 1.82) is 0 Å². The first-order chi connectivity index (χ1) is 8.63. The largest absolute Gasteiger partial charge is 0.508 e. The molecule has 1 heterocycles. The molecule has 0 bridgehead atoms. The van der Waals surface area contributed by atoms with Gasteiger partial charge in [0.2, 0.25) is 0 Å². The second kappa shape index (κ2) is 5.69. The molecule has 2 rings (SSSR count). The molecule has 0 spiro atoms. The molecule has 0 fully saturated rings. The predicted molar refractivity (Wildman–Crippen MR) is 69.4 cm³/mol. The molecule has 1 atom stereocenters. The summed E-state index contributed by atoms with van der Waals surface area (Å²) in [6, 6.07) is 9.56. The minimum atomic E-state index is 0.302. The zero-order valence-electron chi connectivity index (χ0n) is 10.7. The van der Waals surface area contributed by atoms with Crippen molar-refractivity contribution in [3.63, 3.8) is 0 Å². The molecule has 4 nitrogen and oxygen atoms in total. The van der Waals surface area contributed by atoms with Crippen LogP contribution in [0.25, 0.3) is 0 Å². The molecule has 0 radical (unpaired) electrons. The van der Waals surface area contributed by atoms with Gasteiger partial charge in [-0.1, -0.05) is 17.3 Å². The number of nitrogens with one attached hydrogen (secondary N) is 1. The van der Waals surface area contributed by atoms with E-state index >= 15 is 0 Å². The summed E-state index contributed by atoms with van der Waals surface area (Å²) in [6.45, 7) is 4.71. The summed E-state index contributed by atoms with van der Waals surface area (Å²) in [5.41, 5.74) is 2.10. The number of aromatic hydroxyl groups is 1. The first-order valence-electron chi connectivity index (χ1n) is 6.07. The van der Waals surface area contributed by atoms with E-state index in [4.69, 9.17) is 4.52 Å². The number of aryl methyl sites for hydroxylation is 1. The standard InChI is InChI=1S/C14H18N2O2/c1-10(7-12-3-5-13(17)6-4-12)15-9-14-8-11(2)16-18-14/h3-6,8,10,15,17H,7,9H2,1-2H3. The summed E-state index contributed by atoms with van der Waals surface area (Å²) in [4.78, 5) is 0. The van der Waals surface area contributed by atoms with Gasteiger partial charge in [-0.3, -0.25) is 0 Å². The minimum absolute atomic E-state index is 0.302. The van der Waals surface area contributed by atoms with Gasteiger partial charge in [-0.15, -0.1) is 0 Å². The lowest BCUT2D eigenvalue weighted by Gasteiger charge is -2.12. The van der Waals surface area contributed by atoms with Crippen molar-refractivity contribution in [3.05, 3.63) is 47.3 Å². The zero-order chi connectivity index (χ0) is 13.0. The molecule has 2 aromatic rings. The summed E-state index contributed by atoms with van der Waals surface area (Å²) >= 11 is 0. The summed E-state index contributed by atoms with van der Waals surface area (Å²) < 4.78 is 5.14. The van der Waals surface area contributed by atoms with Gasteiger partial charge in [0.05, 0.1) is 12.2 Å². The van der Waals surface area contributed by atoms with Crippen molar-refractivity contribution in [1.82, 2.24) is 10.5 Å². The Kier molecular flexibility index (Phi) is 3.99. The Bertz CT molecular complexity index is 491. The van der Waals surface area contributed by atoms with Gasteiger partial charge in [0.25, 0.3) is 0 Å². The summed E-state index contributed by atoms with van der Waals surface area (Å²) in [6.07, 6.45) is 0.910. The molecular formula is C14H18N2O2. The Hall–Kier alpha value is -1.81. The lowest BCUT2D eigenvalue weighted by molar-refractivity contribution is 0.362. The van der Waals surface area contributed by atoms with E-state index in [0.717, 1.165) is 17.9 Å². The third kappa shape index (κ3) is 3.60. The Labute approximate surface area is 107 Å². The van der Waals surface area contributed by atoms with Crippen LogP contribution in [0.4, 0.5) is 0 Å². The smallest absolute Gasteiger partial charge is 0.150 e. The molecule has 2 N–H and O–H groups in total. The van der Waals surface area contributed by atoms with Gasteiger partial charge in [-0.25, -0.2) is 0 Å². The average molecular weight is 246 g/mol. The monoisotopic (exact) mass is 246 g/mol. The van der Waals surface area contributed by atoms with Crippen LogP contribution in [0.3, 0.4) is 0 Å². The van der Waals surface area contributed by atoms with Crippen molar-refractivity contribution in [2.75, 3.05) is 0 Å². The van der Waals surface area contributed by atoms with E-state index in [1.54, 1.807) is 12.1 Å². The highest BCUT2D eigenvalue weighted by atomic mass is 16.5. The fourth-order valence-corrected chi connectivity index (χ4v) is 1.83. The summed E-state index contributed by atoms with van der Waals surface area (Å²) in [5.74, 6) is 1.15. The van der Waals surface area contributed by atoms with Gasteiger partial charge in [0.1, 0.15) is 5.75 Å². The van der Waals surface area contributed by atoms with Crippen molar-refractivity contribution in [2.24, 2.45) is 0 Å². The first kappa shape index (κ1) is 12.6. The highest BCUT2D eigenvalue weighted by Gasteiger charge is 2.06. The Morgan fingerprint density at radius 2 is 2.06 bits per heavy atom. The Balaban J connectivity index is 1.81. The molecule has 96 valence electrons. The normalized spacial score (nSPS) is 12.6. The minimum Gasteiger partial charge on any atom is -0.508 e. The van der Waals surface area contributed by atoms with Crippen molar-refractivity contribution >= 4 is 0 Å². The molecule has 0 saturated heterocycles. The maximum atomic E-state index is 9.21. The second-order valence-electron chi connectivity index (χ2n) is 4.59. The van der Waals surface area contributed by atoms with Crippen molar-refractivity contribution in [2.45, 2.75) is 32.9 Å². The molecule has 1 aromatic carbocycles. The van der Waals surface area contributed by atoms with Crippen LogP contribution >= 0.6 is 0 Å². The topological polar surface area (TPSA) is 58.3 Å². The van der Waals surface area contributed by atoms with Gasteiger partial charge in [0, 0.05) is 12.1 Å². The maximum absolute atomic E-state index is 9.21. The van der Waals surface area contributed by atoms with Gasteiger partial charge in [-0.05, 0) is 38.0 Å². The van der Waals surface area contributed by atoms with Crippen LogP contribution < -0.4 is 5.32 Å². The quantitative estimate of drug-likeness (QED) is 0.850. The average Bonchev–Trinajstić information content (AvgIpc) is 2.76. The molecule has 0 amide bonds. The molecule has 4 heteroatoms. The van der Waals surface area contributed by atoms with Crippen LogP contribution in [0.2, 0.25) is 0 Å². The van der Waals surface area contributed by atoms with Crippen LogP contribution in [0.15, 0.2) is 34.9 Å². The van der Waals surface area contributed by atoms with Crippen LogP contribution in [0, 0.1) is 6.92 Å². The summed E-state index contributed by atoms with van der Waals surface area (Å²) in [5, 5.41) is 16.4. The van der Waals surface area contributed by atoms with E-state index in [2.05, 4.69) is 17.4 Å². The van der Waals surface area contributed by atoms with E-state index < -0.39 is 0 Å². The maximum Gasteiger partial charge on any atom is 0.150 e. The molecule has 0 aliphatic heterocycles. The van der Waals surface area contributed by atoms with Gasteiger partial charge in [0.15, 0.2) is 5.76 Å². The molecule has 0 aliphatic rings. The number of benzene rings is 1. The highest BCUT2D eigenvalue weighted by Crippen LogP contribution is 2.11. The number of phenols is 1. The van der Waals surface area contributed by atoms with E-state index in [1.807, 2.05) is 25.1 Å². The zero-order valence-corrected chi connectivity index (χ0v) is 10.7. The molecule has 1 unspecified atom stereocenters. The lowest BCUT2D eigenvalue weighted by Crippen LogP contribution is -2.27. The fourth-order valence-electron chi connectivity index (χ4n) is 1.83. The van der Waals surface area contributed by atoms with Gasteiger partial charge < -0.3 is 14.9 Å². The van der Waals surface area contributed by atoms with E-state index in [-0.39, 0.29) is 0 Å². The molecule has 1 aromatic heterocycles. The van der Waals surface area contributed by atoms with Crippen LogP contribution in [-0.4, -0.2) is 16.3 Å². The highest BCUT2D eigenvalue weighted by molar-refractivity contribution is 5.26. The fraction of sp³-hybridized carbons (Fsp3) is 0.357. The number of rotatable bonds is 5. The van der Waals surface area contributed by atoms with Crippen molar-refractivity contribution < 1.29 is 9.63 Å². The van der Waals surface area contributed by atoms with Crippen LogP contribution in [0.5, 0.6) is 5.75 Å². The van der Waals surface area contributed by atoms with Gasteiger partial charge in [-0.2, -0.15) is 0 Å². The second-order valence-corrected chi connectivity index (χ2v) is 4.59. The van der Waals surface area contributed by atoms with Gasteiger partial charge >= 0.3 is 0 Å². The SMILES string of the molecule is Cc1cc(CNC(C)Cc2ccc(O)cc2)on1. The summed E-state index contributed by atoms with van der Waals surface area (Å²) in [7, 11) is 0. The third-order valence-electron chi connectivity index (χ3n) is 2.78. The third-order valence-corrected chi connectivity index (χ3v) is 2.78. The number of aromatic nitrogens is 1. The van der Waals surface area contributed by atoms with E-state index in [9.17, 15) is 5.11 Å². The van der Waals surface area contributed by atoms with E-state index in [0.29, 0.717) is 18.3 Å². The number of nitrogens with zero attached hydrogens (tertiary/aromatic N) is 1. The molecule has 0 aliphatic carbocycles. The van der Waals surface area contributed by atoms with Crippen molar-refractivity contribution in [3.8, 4) is 5.75 Å². The van der Waals surface area contributed by atoms with Crippen LogP contribution in [-0.2, 0) is 13.0 Å². The predicted octanol–water partition coefficient (Wildman–Crippen LogP) is 2.41. The Morgan fingerprint density at radius 1 is 1.33 bits per heavy atom. The number of hydrogen-bond acceptors (Lipinski definition) is 4. The Morgan fingerprint density at radius 3 is 2.67 bits per heavy atom. The number of phenolic OH excluding ortho intramolecular Hbond substituents is 1. The molecule has 18 heavy (non-hydrogen) atoms. The number of hydrogen-bond donors (Lipinski definition) is 2.